The van der Waals surface area contributed by atoms with E-state index in [9.17, 15) is 4.79 Å². The molecule has 9 heteroatoms. The molecule has 0 unspecified atom stereocenters. The number of benzene rings is 2. The smallest absolute Gasteiger partial charge is 0.373 e. The summed E-state index contributed by atoms with van der Waals surface area (Å²) in [5.74, 6) is -0.0999. The lowest BCUT2D eigenvalue weighted by molar-refractivity contribution is 0.103. The normalized spacial score (nSPS) is 12.2. The molecule has 0 saturated carbocycles. The highest BCUT2D eigenvalue weighted by Crippen LogP contribution is 2.13. The second-order valence-corrected chi connectivity index (χ2v) is 11.6. The summed E-state index contributed by atoms with van der Waals surface area (Å²) < 4.78 is 32.8. The van der Waals surface area contributed by atoms with Crippen molar-refractivity contribution in [3.8, 4) is 0 Å². The average molecular weight is 423 g/mol. The summed E-state index contributed by atoms with van der Waals surface area (Å²) in [7, 11) is 3.43. The van der Waals surface area contributed by atoms with E-state index in [1.54, 1.807) is 91.2 Å². The summed E-state index contributed by atoms with van der Waals surface area (Å²) in [4.78, 5) is 12.8. The van der Waals surface area contributed by atoms with Gasteiger partial charge in [0, 0.05) is 64.2 Å². The van der Waals surface area contributed by atoms with E-state index in [-0.39, 0.29) is 5.78 Å². The van der Waals surface area contributed by atoms with Gasteiger partial charge in [0.05, 0.1) is 0 Å². The molecule has 2 aromatic carbocycles. The quantitative estimate of drug-likeness (QED) is 0.419. The van der Waals surface area contributed by atoms with Gasteiger partial charge in [-0.05, 0) is 0 Å². The lowest BCUT2D eigenvalue weighted by atomic mass is 10.0. The highest BCUT2D eigenvalue weighted by atomic mass is 28.4. The number of hydrogen-bond donors (Lipinski definition) is 0. The van der Waals surface area contributed by atoms with Crippen LogP contribution in [0.5, 0.6) is 0 Å². The molecule has 2 aromatic rings. The van der Waals surface area contributed by atoms with Crippen LogP contribution in [0.4, 0.5) is 0 Å². The molecule has 0 atom stereocenters. The fourth-order valence-electron chi connectivity index (χ4n) is 3.03. The average Bonchev–Trinajstić information content (AvgIpc) is 2.77. The van der Waals surface area contributed by atoms with E-state index >= 15 is 0 Å². The van der Waals surface area contributed by atoms with Gasteiger partial charge in [-0.25, -0.2) is 0 Å². The van der Waals surface area contributed by atoms with Gasteiger partial charge in [0.25, 0.3) is 0 Å². The van der Waals surface area contributed by atoms with Crippen molar-refractivity contribution in [3.63, 3.8) is 0 Å². The van der Waals surface area contributed by atoms with Crippen LogP contribution in [0, 0.1) is 0 Å². The molecular weight excluding hydrogens is 396 g/mol. The third-order valence-electron chi connectivity index (χ3n) is 4.61. The molecule has 2 rings (SSSR count). The zero-order valence-corrected chi connectivity index (χ0v) is 19.0. The first-order chi connectivity index (χ1) is 13.5. The summed E-state index contributed by atoms with van der Waals surface area (Å²) in [5, 5.41) is 1.56. The first-order valence-corrected chi connectivity index (χ1v) is 12.0. The third-order valence-corrected chi connectivity index (χ3v) is 9.92. The second-order valence-electron chi connectivity index (χ2n) is 5.82. The number of carbonyl (C=O) groups is 1. The van der Waals surface area contributed by atoms with Crippen LogP contribution in [0.25, 0.3) is 0 Å². The van der Waals surface area contributed by atoms with Crippen LogP contribution in [0.2, 0.25) is 0 Å². The Morgan fingerprint density at radius 2 is 0.786 bits per heavy atom. The molecule has 0 heterocycles. The molecular formula is C19H26O7Si2. The first-order valence-electron chi connectivity index (χ1n) is 8.52. The van der Waals surface area contributed by atoms with E-state index in [0.717, 1.165) is 10.4 Å². The molecule has 0 radical (unpaired) electrons. The van der Waals surface area contributed by atoms with Crippen molar-refractivity contribution < 1.29 is 31.4 Å². The number of carbonyl (C=O) groups excluding carboxylic acids is 1. The van der Waals surface area contributed by atoms with Crippen LogP contribution in [0.1, 0.15) is 15.9 Å². The molecule has 0 aliphatic carbocycles. The summed E-state index contributed by atoms with van der Waals surface area (Å²) in [6.07, 6.45) is 0. The van der Waals surface area contributed by atoms with E-state index in [4.69, 9.17) is 26.6 Å². The van der Waals surface area contributed by atoms with Crippen molar-refractivity contribution in [1.82, 2.24) is 0 Å². The molecule has 0 spiro atoms. The topological polar surface area (TPSA) is 72.5 Å². The van der Waals surface area contributed by atoms with Gasteiger partial charge in [-0.15, -0.1) is 0 Å². The lowest BCUT2D eigenvalue weighted by Gasteiger charge is -2.24. The van der Waals surface area contributed by atoms with E-state index in [2.05, 4.69) is 0 Å². The summed E-state index contributed by atoms with van der Waals surface area (Å²) >= 11 is 0. The van der Waals surface area contributed by atoms with Gasteiger partial charge in [-0.1, -0.05) is 48.5 Å². The number of rotatable bonds is 10. The standard InChI is InChI=1S/C19H26O7Si2/c1-21-27(22-2,23-3)17-11-7-15(8-12-17)19(20)16-9-13-18(14-10-16)28(24-4,25-5)26-6/h7-14H,1-6H3. The van der Waals surface area contributed by atoms with Gasteiger partial charge >= 0.3 is 17.6 Å². The molecule has 28 heavy (non-hydrogen) atoms. The number of ketones is 1. The Balaban J connectivity index is 2.27. The maximum atomic E-state index is 12.8. The summed E-state index contributed by atoms with van der Waals surface area (Å²) in [5.41, 5.74) is 1.10. The monoisotopic (exact) mass is 422 g/mol. The molecule has 0 aromatic heterocycles. The fraction of sp³-hybridized carbons (Fsp3) is 0.316. The van der Waals surface area contributed by atoms with Crippen molar-refractivity contribution >= 4 is 33.8 Å². The highest BCUT2D eigenvalue weighted by Gasteiger charge is 2.41. The minimum atomic E-state index is -2.92. The Hall–Kier alpha value is -1.70. The summed E-state index contributed by atoms with van der Waals surface area (Å²) in [6.45, 7) is 0. The minimum Gasteiger partial charge on any atom is -0.373 e. The zero-order chi connectivity index (χ0) is 20.8. The van der Waals surface area contributed by atoms with Crippen LogP contribution in [-0.2, 0) is 26.6 Å². The highest BCUT2D eigenvalue weighted by molar-refractivity contribution is 6.75. The molecule has 0 fully saturated rings. The predicted octanol–water partition coefficient (Wildman–Crippen LogP) is 1.09. The van der Waals surface area contributed by atoms with Crippen molar-refractivity contribution in [2.24, 2.45) is 0 Å². The van der Waals surface area contributed by atoms with Crippen molar-refractivity contribution in [1.29, 1.82) is 0 Å². The molecule has 7 nitrogen and oxygen atoms in total. The Labute approximate surface area is 167 Å². The van der Waals surface area contributed by atoms with Crippen molar-refractivity contribution in [3.05, 3.63) is 59.7 Å². The largest absolute Gasteiger partial charge is 0.536 e. The van der Waals surface area contributed by atoms with Crippen LogP contribution in [-0.4, -0.2) is 66.1 Å². The summed E-state index contributed by atoms with van der Waals surface area (Å²) in [6, 6.07) is 14.1. The Morgan fingerprint density at radius 3 is 1.00 bits per heavy atom. The van der Waals surface area contributed by atoms with Gasteiger partial charge in [0.2, 0.25) is 0 Å². The first kappa shape index (κ1) is 22.6. The Morgan fingerprint density at radius 1 is 0.536 bits per heavy atom. The van der Waals surface area contributed by atoms with E-state index in [1.165, 1.54) is 0 Å². The maximum Gasteiger partial charge on any atom is 0.536 e. The van der Waals surface area contributed by atoms with Gasteiger partial charge < -0.3 is 26.6 Å². The number of hydrogen-bond acceptors (Lipinski definition) is 7. The lowest BCUT2D eigenvalue weighted by Crippen LogP contribution is -2.54. The van der Waals surface area contributed by atoms with Crippen LogP contribution in [0.15, 0.2) is 48.5 Å². The molecule has 0 aliphatic heterocycles. The SMILES string of the molecule is CO[Si](OC)(OC)c1ccc(C(=O)c2ccc([Si](OC)(OC)OC)cc2)cc1. The molecule has 0 bridgehead atoms. The van der Waals surface area contributed by atoms with Gasteiger partial charge in [0.15, 0.2) is 5.78 Å². The fourth-order valence-corrected chi connectivity index (χ4v) is 6.59. The third kappa shape index (κ3) is 4.16. The van der Waals surface area contributed by atoms with Crippen molar-refractivity contribution in [2.45, 2.75) is 0 Å². The zero-order valence-electron chi connectivity index (χ0n) is 17.0. The van der Waals surface area contributed by atoms with Crippen LogP contribution in [0.3, 0.4) is 0 Å². The van der Waals surface area contributed by atoms with Gasteiger partial charge in [0.1, 0.15) is 0 Å². The Bertz CT molecular complexity index is 688. The van der Waals surface area contributed by atoms with Gasteiger partial charge in [-0.3, -0.25) is 4.79 Å². The van der Waals surface area contributed by atoms with Crippen LogP contribution < -0.4 is 10.4 Å². The molecule has 152 valence electrons. The van der Waals surface area contributed by atoms with E-state index < -0.39 is 17.6 Å². The van der Waals surface area contributed by atoms with Crippen LogP contribution >= 0.6 is 0 Å². The predicted molar refractivity (Wildman–Crippen MR) is 109 cm³/mol. The van der Waals surface area contributed by atoms with E-state index in [1.807, 2.05) is 0 Å². The molecule has 0 aliphatic rings. The van der Waals surface area contributed by atoms with E-state index in [0.29, 0.717) is 11.1 Å². The molecule has 0 N–H and O–H groups in total. The van der Waals surface area contributed by atoms with Crippen molar-refractivity contribution in [2.75, 3.05) is 42.7 Å². The maximum absolute atomic E-state index is 12.8. The Kier molecular flexibility index (Phi) is 7.81. The second kappa shape index (κ2) is 9.68. The van der Waals surface area contributed by atoms with Gasteiger partial charge in [-0.2, -0.15) is 0 Å². The molecule has 0 saturated heterocycles. The minimum absolute atomic E-state index is 0.0999. The molecule has 0 amide bonds.